The van der Waals surface area contributed by atoms with E-state index in [0.717, 1.165) is 24.9 Å². The Labute approximate surface area is 140 Å². The minimum Gasteiger partial charge on any atom is -0.441 e. The quantitative estimate of drug-likeness (QED) is 0.913. The van der Waals surface area contributed by atoms with Crippen molar-refractivity contribution in [1.82, 2.24) is 9.88 Å². The van der Waals surface area contributed by atoms with Crippen molar-refractivity contribution >= 4 is 17.5 Å². The molecule has 1 aliphatic heterocycles. The molecule has 3 rings (SSSR count). The zero-order valence-electron chi connectivity index (χ0n) is 12.9. The van der Waals surface area contributed by atoms with Crippen LogP contribution >= 0.6 is 11.6 Å². The molecule has 6 heteroatoms. The van der Waals surface area contributed by atoms with Gasteiger partial charge in [0.25, 0.3) is 0 Å². The van der Waals surface area contributed by atoms with Gasteiger partial charge in [-0.15, -0.1) is 0 Å². The van der Waals surface area contributed by atoms with Gasteiger partial charge in [-0.3, -0.25) is 4.79 Å². The molecule has 1 aromatic heterocycles. The lowest BCUT2D eigenvalue weighted by atomic mass is 10.2. The summed E-state index contributed by atoms with van der Waals surface area (Å²) in [6.07, 6.45) is 4.55. The molecule has 0 spiro atoms. The number of hydrogen-bond donors (Lipinski definition) is 1. The summed E-state index contributed by atoms with van der Waals surface area (Å²) in [6, 6.07) is 7.64. The fourth-order valence-corrected chi connectivity index (χ4v) is 3.21. The molecule has 1 atom stereocenters. The average molecular weight is 334 g/mol. The Morgan fingerprint density at radius 2 is 2.26 bits per heavy atom. The van der Waals surface area contributed by atoms with Gasteiger partial charge in [-0.1, -0.05) is 23.7 Å². The first kappa shape index (κ1) is 16.0. The van der Waals surface area contributed by atoms with Gasteiger partial charge in [0.1, 0.15) is 0 Å². The van der Waals surface area contributed by atoms with Crippen LogP contribution in [0.5, 0.6) is 0 Å². The molecule has 0 saturated carbocycles. The predicted octanol–water partition coefficient (Wildman–Crippen LogP) is 2.88. The van der Waals surface area contributed by atoms with Crippen molar-refractivity contribution in [2.75, 3.05) is 13.1 Å². The van der Waals surface area contributed by atoms with Crippen molar-refractivity contribution in [2.45, 2.75) is 31.7 Å². The summed E-state index contributed by atoms with van der Waals surface area (Å²) in [5.74, 6) is 1.30. The number of rotatable bonds is 5. The highest BCUT2D eigenvalue weighted by Gasteiger charge is 2.27. The Kier molecular flexibility index (Phi) is 4.98. The van der Waals surface area contributed by atoms with Crippen molar-refractivity contribution in [3.63, 3.8) is 0 Å². The van der Waals surface area contributed by atoms with Crippen LogP contribution in [0.2, 0.25) is 5.02 Å². The minimum atomic E-state index is 0.121. The second-order valence-corrected chi connectivity index (χ2v) is 6.12. The Hall–Kier alpha value is -1.85. The molecule has 1 unspecified atom stereocenters. The maximum absolute atomic E-state index is 12.3. The summed E-state index contributed by atoms with van der Waals surface area (Å²) in [6.45, 7) is 1.33. The first-order valence-electron chi connectivity index (χ1n) is 7.88. The Morgan fingerprint density at radius 1 is 1.43 bits per heavy atom. The largest absolute Gasteiger partial charge is 0.441 e. The lowest BCUT2D eigenvalue weighted by Crippen LogP contribution is -2.40. The molecule has 2 N–H and O–H groups in total. The number of nitrogens with zero attached hydrogens (tertiary/aromatic N) is 2. The molecule has 1 fully saturated rings. The van der Waals surface area contributed by atoms with Gasteiger partial charge in [0.15, 0.2) is 11.7 Å². The van der Waals surface area contributed by atoms with Crippen LogP contribution in [0.25, 0.3) is 11.3 Å². The number of likely N-dealkylation sites (tertiary alicyclic amines) is 1. The van der Waals surface area contributed by atoms with Gasteiger partial charge in [-0.25, -0.2) is 4.98 Å². The maximum atomic E-state index is 12.3. The van der Waals surface area contributed by atoms with Gasteiger partial charge in [0, 0.05) is 37.5 Å². The number of hydrogen-bond acceptors (Lipinski definition) is 4. The number of benzene rings is 1. The molecule has 1 saturated heterocycles. The summed E-state index contributed by atoms with van der Waals surface area (Å²) in [7, 11) is 0. The van der Waals surface area contributed by atoms with Crippen LogP contribution in [-0.4, -0.2) is 34.9 Å². The Bertz CT molecular complexity index is 686. The van der Waals surface area contributed by atoms with Crippen LogP contribution in [-0.2, 0) is 11.2 Å². The zero-order valence-corrected chi connectivity index (χ0v) is 13.6. The van der Waals surface area contributed by atoms with E-state index in [1.54, 1.807) is 6.20 Å². The predicted molar refractivity (Wildman–Crippen MR) is 89.1 cm³/mol. The second-order valence-electron chi connectivity index (χ2n) is 5.72. The summed E-state index contributed by atoms with van der Waals surface area (Å²) in [5, 5.41) is 0.620. The third kappa shape index (κ3) is 3.57. The third-order valence-electron chi connectivity index (χ3n) is 4.22. The Balaban J connectivity index is 1.61. The maximum Gasteiger partial charge on any atom is 0.223 e. The van der Waals surface area contributed by atoms with Crippen molar-refractivity contribution in [3.8, 4) is 11.3 Å². The van der Waals surface area contributed by atoms with Crippen molar-refractivity contribution in [1.29, 1.82) is 0 Å². The molecular formula is C17H20ClN3O2. The number of aryl methyl sites for hydroxylation is 1. The van der Waals surface area contributed by atoms with E-state index in [2.05, 4.69) is 4.98 Å². The number of carbonyl (C=O) groups excluding carboxylic acids is 1. The molecule has 2 heterocycles. The third-order valence-corrected chi connectivity index (χ3v) is 4.54. The van der Waals surface area contributed by atoms with E-state index in [4.69, 9.17) is 21.8 Å². The highest BCUT2D eigenvalue weighted by molar-refractivity contribution is 6.33. The van der Waals surface area contributed by atoms with E-state index in [1.165, 1.54) is 0 Å². The van der Waals surface area contributed by atoms with Crippen LogP contribution in [0.3, 0.4) is 0 Å². The fraction of sp³-hybridized carbons (Fsp3) is 0.412. The first-order chi connectivity index (χ1) is 11.2. The molecule has 2 aromatic rings. The average Bonchev–Trinajstić information content (AvgIpc) is 3.22. The number of carbonyl (C=O) groups is 1. The van der Waals surface area contributed by atoms with Crippen LogP contribution in [0.15, 0.2) is 34.9 Å². The molecule has 1 amide bonds. The molecule has 1 aliphatic rings. The second kappa shape index (κ2) is 7.15. The summed E-state index contributed by atoms with van der Waals surface area (Å²) < 4.78 is 5.73. The molecule has 0 bridgehead atoms. The number of nitrogens with two attached hydrogens (primary N) is 1. The zero-order chi connectivity index (χ0) is 16.2. The van der Waals surface area contributed by atoms with E-state index in [0.29, 0.717) is 36.1 Å². The van der Waals surface area contributed by atoms with Crippen LogP contribution < -0.4 is 5.73 Å². The standard InChI is InChI=1S/C17H20ClN3O2/c18-14-6-2-1-5-13(14)15-11-20-16(23-15)7-8-17(22)21-9-3-4-12(21)10-19/h1-2,5-6,11-12H,3-4,7-10,19H2. The molecule has 5 nitrogen and oxygen atoms in total. The monoisotopic (exact) mass is 333 g/mol. The normalized spacial score (nSPS) is 17.7. The smallest absolute Gasteiger partial charge is 0.223 e. The number of aromatic nitrogens is 1. The van der Waals surface area contributed by atoms with E-state index in [-0.39, 0.29) is 11.9 Å². The molecule has 0 radical (unpaired) electrons. The summed E-state index contributed by atoms with van der Waals surface area (Å²) in [5.41, 5.74) is 6.52. The lowest BCUT2D eigenvalue weighted by Gasteiger charge is -2.23. The molecule has 23 heavy (non-hydrogen) atoms. The highest BCUT2D eigenvalue weighted by atomic mass is 35.5. The van der Waals surface area contributed by atoms with Crippen LogP contribution in [0, 0.1) is 0 Å². The van der Waals surface area contributed by atoms with E-state index in [9.17, 15) is 4.79 Å². The van der Waals surface area contributed by atoms with Gasteiger partial charge < -0.3 is 15.1 Å². The fourth-order valence-electron chi connectivity index (χ4n) is 2.98. The van der Waals surface area contributed by atoms with Crippen molar-refractivity contribution in [3.05, 3.63) is 41.4 Å². The van der Waals surface area contributed by atoms with Crippen LogP contribution in [0.4, 0.5) is 0 Å². The van der Waals surface area contributed by atoms with Crippen molar-refractivity contribution < 1.29 is 9.21 Å². The molecule has 122 valence electrons. The van der Waals surface area contributed by atoms with E-state index >= 15 is 0 Å². The summed E-state index contributed by atoms with van der Waals surface area (Å²) in [4.78, 5) is 18.4. The number of oxazole rings is 1. The lowest BCUT2D eigenvalue weighted by molar-refractivity contribution is -0.131. The van der Waals surface area contributed by atoms with Gasteiger partial charge in [0.05, 0.1) is 11.2 Å². The van der Waals surface area contributed by atoms with Gasteiger partial charge >= 0.3 is 0 Å². The van der Waals surface area contributed by atoms with Gasteiger partial charge in [-0.05, 0) is 25.0 Å². The topological polar surface area (TPSA) is 72.4 Å². The molecule has 0 aliphatic carbocycles. The SMILES string of the molecule is NCC1CCCN1C(=O)CCc1ncc(-c2ccccc2Cl)o1. The van der Waals surface area contributed by atoms with E-state index in [1.807, 2.05) is 29.2 Å². The van der Waals surface area contributed by atoms with E-state index < -0.39 is 0 Å². The minimum absolute atomic E-state index is 0.121. The molecular weight excluding hydrogens is 314 g/mol. The number of halogens is 1. The summed E-state index contributed by atoms with van der Waals surface area (Å²) >= 11 is 6.15. The first-order valence-corrected chi connectivity index (χ1v) is 8.26. The van der Waals surface area contributed by atoms with Crippen LogP contribution in [0.1, 0.15) is 25.2 Å². The highest BCUT2D eigenvalue weighted by Crippen LogP contribution is 2.28. The van der Waals surface area contributed by atoms with Gasteiger partial charge in [-0.2, -0.15) is 0 Å². The molecule has 1 aromatic carbocycles. The van der Waals surface area contributed by atoms with Gasteiger partial charge in [0.2, 0.25) is 5.91 Å². The Morgan fingerprint density at radius 3 is 3.04 bits per heavy atom. The van der Waals surface area contributed by atoms with Crippen molar-refractivity contribution in [2.24, 2.45) is 5.73 Å². The number of amides is 1.